The first kappa shape index (κ1) is 12.5. The molecule has 2 rings (SSSR count). The van der Waals surface area contributed by atoms with Crippen molar-refractivity contribution in [2.24, 2.45) is 0 Å². The van der Waals surface area contributed by atoms with Gasteiger partial charge in [0.25, 0.3) is 0 Å². The lowest BCUT2D eigenvalue weighted by Crippen LogP contribution is -1.93. The summed E-state index contributed by atoms with van der Waals surface area (Å²) in [5.41, 5.74) is 4.55. The molecule has 18 heavy (non-hydrogen) atoms. The molecule has 0 amide bonds. The minimum Gasteiger partial charge on any atom is -0.507 e. The van der Waals surface area contributed by atoms with Crippen LogP contribution >= 0.6 is 0 Å². The Labute approximate surface area is 108 Å². The fourth-order valence-electron chi connectivity index (χ4n) is 2.25. The van der Waals surface area contributed by atoms with Crippen LogP contribution in [0, 0.1) is 20.8 Å². The second kappa shape index (κ2) is 4.73. The van der Waals surface area contributed by atoms with Crippen molar-refractivity contribution in [1.29, 1.82) is 0 Å². The minimum absolute atomic E-state index is 0.316. The smallest absolute Gasteiger partial charge is 0.122 e. The van der Waals surface area contributed by atoms with E-state index >= 15 is 0 Å². The number of hydrogen-bond acceptors (Lipinski definition) is 2. The van der Waals surface area contributed by atoms with Crippen molar-refractivity contribution in [3.8, 4) is 11.5 Å². The lowest BCUT2D eigenvalue weighted by atomic mass is 9.97. The fourth-order valence-corrected chi connectivity index (χ4v) is 2.25. The van der Waals surface area contributed by atoms with Gasteiger partial charge < -0.3 is 10.2 Å². The van der Waals surface area contributed by atoms with Gasteiger partial charge in [-0.1, -0.05) is 35.9 Å². The van der Waals surface area contributed by atoms with E-state index in [1.54, 1.807) is 0 Å². The first-order valence-electron chi connectivity index (χ1n) is 6.05. The lowest BCUT2D eigenvalue weighted by molar-refractivity contribution is 0.458. The summed E-state index contributed by atoms with van der Waals surface area (Å²) in [4.78, 5) is 0. The minimum atomic E-state index is 0.316. The van der Waals surface area contributed by atoms with E-state index in [1.165, 1.54) is 0 Å². The van der Waals surface area contributed by atoms with Gasteiger partial charge in [0.2, 0.25) is 0 Å². The van der Waals surface area contributed by atoms with E-state index in [1.807, 2.05) is 51.1 Å². The summed E-state index contributed by atoms with van der Waals surface area (Å²) in [6.45, 7) is 5.77. The summed E-state index contributed by atoms with van der Waals surface area (Å²) < 4.78 is 0. The predicted molar refractivity (Wildman–Crippen MR) is 73.2 cm³/mol. The second-order valence-electron chi connectivity index (χ2n) is 4.85. The Kier molecular flexibility index (Phi) is 3.28. The highest BCUT2D eigenvalue weighted by Crippen LogP contribution is 2.30. The van der Waals surface area contributed by atoms with E-state index in [4.69, 9.17) is 0 Å². The molecule has 94 valence electrons. The molecular weight excluding hydrogens is 224 g/mol. The molecular formula is C16H18O2. The molecule has 2 nitrogen and oxygen atoms in total. The molecule has 0 aliphatic heterocycles. The van der Waals surface area contributed by atoms with Crippen LogP contribution in [-0.4, -0.2) is 10.2 Å². The van der Waals surface area contributed by atoms with E-state index in [2.05, 4.69) is 0 Å². The van der Waals surface area contributed by atoms with Crippen LogP contribution in [0.1, 0.15) is 27.8 Å². The second-order valence-corrected chi connectivity index (χ2v) is 4.85. The monoisotopic (exact) mass is 242 g/mol. The molecule has 0 atom stereocenters. The van der Waals surface area contributed by atoms with Crippen molar-refractivity contribution in [2.75, 3.05) is 0 Å². The van der Waals surface area contributed by atoms with Crippen LogP contribution in [0.15, 0.2) is 30.3 Å². The zero-order valence-corrected chi connectivity index (χ0v) is 11.0. The van der Waals surface area contributed by atoms with Crippen molar-refractivity contribution < 1.29 is 10.2 Å². The van der Waals surface area contributed by atoms with Gasteiger partial charge in [0.15, 0.2) is 0 Å². The van der Waals surface area contributed by atoms with Gasteiger partial charge >= 0.3 is 0 Å². The molecule has 0 saturated heterocycles. The third-order valence-corrected chi connectivity index (χ3v) is 3.23. The van der Waals surface area contributed by atoms with Crippen LogP contribution in [-0.2, 0) is 6.42 Å². The van der Waals surface area contributed by atoms with Crippen molar-refractivity contribution in [3.63, 3.8) is 0 Å². The molecule has 0 aliphatic carbocycles. The van der Waals surface area contributed by atoms with Crippen molar-refractivity contribution in [2.45, 2.75) is 27.2 Å². The van der Waals surface area contributed by atoms with Crippen LogP contribution in [0.5, 0.6) is 11.5 Å². The number of phenols is 2. The number of benzene rings is 2. The van der Waals surface area contributed by atoms with Gasteiger partial charge in [-0.3, -0.25) is 0 Å². The summed E-state index contributed by atoms with van der Waals surface area (Å²) in [5, 5.41) is 20.1. The highest BCUT2D eigenvalue weighted by Gasteiger charge is 2.10. The van der Waals surface area contributed by atoms with Crippen LogP contribution in [0.2, 0.25) is 0 Å². The summed E-state index contributed by atoms with van der Waals surface area (Å²) in [5.74, 6) is 0.637. The molecule has 2 aromatic rings. The Morgan fingerprint density at radius 1 is 0.833 bits per heavy atom. The molecule has 0 saturated carbocycles. The predicted octanol–water partition coefficient (Wildman–Crippen LogP) is 3.61. The fraction of sp³-hybridized carbons (Fsp3) is 0.250. The Balaban J connectivity index is 2.43. The van der Waals surface area contributed by atoms with Crippen molar-refractivity contribution >= 4 is 0 Å². The van der Waals surface area contributed by atoms with Crippen LogP contribution in [0.25, 0.3) is 0 Å². The topological polar surface area (TPSA) is 40.5 Å². The van der Waals surface area contributed by atoms with Crippen LogP contribution < -0.4 is 0 Å². The molecule has 0 bridgehead atoms. The first-order valence-corrected chi connectivity index (χ1v) is 6.05. The number of para-hydroxylation sites is 1. The molecule has 0 fully saturated rings. The zero-order chi connectivity index (χ0) is 13.3. The highest BCUT2D eigenvalue weighted by molar-refractivity contribution is 5.48. The molecule has 2 N–H and O–H groups in total. The highest BCUT2D eigenvalue weighted by atomic mass is 16.3. The average Bonchev–Trinajstić information content (AvgIpc) is 2.31. The zero-order valence-electron chi connectivity index (χ0n) is 11.0. The van der Waals surface area contributed by atoms with Gasteiger partial charge in [0.05, 0.1) is 0 Å². The van der Waals surface area contributed by atoms with Gasteiger partial charge in [0.1, 0.15) is 11.5 Å². The van der Waals surface area contributed by atoms with E-state index < -0.39 is 0 Å². The molecule has 0 radical (unpaired) electrons. The maximum atomic E-state index is 10.1. The van der Waals surface area contributed by atoms with Crippen LogP contribution in [0.3, 0.4) is 0 Å². The summed E-state index contributed by atoms with van der Waals surface area (Å²) >= 11 is 0. The normalized spacial score (nSPS) is 10.6. The standard InChI is InChI=1S/C16H18O2/c1-10-7-12(3)16(18)14(8-10)9-13-6-4-5-11(2)15(13)17/h4-8,17-18H,9H2,1-3H3. The van der Waals surface area contributed by atoms with Crippen LogP contribution in [0.4, 0.5) is 0 Å². The molecule has 0 spiro atoms. The van der Waals surface area contributed by atoms with Gasteiger partial charge in [-0.05, 0) is 43.0 Å². The molecule has 2 heteroatoms. The lowest BCUT2D eigenvalue weighted by Gasteiger charge is -2.11. The number of rotatable bonds is 2. The average molecular weight is 242 g/mol. The number of hydrogen-bond donors (Lipinski definition) is 2. The van der Waals surface area contributed by atoms with Gasteiger partial charge in [-0.2, -0.15) is 0 Å². The Bertz CT molecular complexity index is 586. The molecule has 0 aromatic heterocycles. The first-order chi connectivity index (χ1) is 8.49. The largest absolute Gasteiger partial charge is 0.507 e. The maximum Gasteiger partial charge on any atom is 0.122 e. The number of aromatic hydroxyl groups is 2. The van der Waals surface area contributed by atoms with Gasteiger partial charge in [-0.15, -0.1) is 0 Å². The quantitative estimate of drug-likeness (QED) is 0.844. The number of aryl methyl sites for hydroxylation is 3. The Hall–Kier alpha value is -1.96. The summed E-state index contributed by atoms with van der Waals surface area (Å²) in [6, 6.07) is 9.60. The number of phenolic OH excluding ortho intramolecular Hbond substituents is 2. The van der Waals surface area contributed by atoms with Gasteiger partial charge in [0, 0.05) is 6.42 Å². The van der Waals surface area contributed by atoms with Crippen molar-refractivity contribution in [3.05, 3.63) is 58.1 Å². The Morgan fingerprint density at radius 2 is 1.50 bits per heavy atom. The third kappa shape index (κ3) is 2.33. The molecule has 0 unspecified atom stereocenters. The summed E-state index contributed by atoms with van der Waals surface area (Å²) in [7, 11) is 0. The van der Waals surface area contributed by atoms with Crippen molar-refractivity contribution in [1.82, 2.24) is 0 Å². The van der Waals surface area contributed by atoms with E-state index in [-0.39, 0.29) is 0 Å². The van der Waals surface area contributed by atoms with Gasteiger partial charge in [-0.25, -0.2) is 0 Å². The SMILES string of the molecule is Cc1cc(C)c(O)c(Cc2cccc(C)c2O)c1. The summed E-state index contributed by atoms with van der Waals surface area (Å²) in [6.07, 6.45) is 0.544. The Morgan fingerprint density at radius 3 is 2.22 bits per heavy atom. The van der Waals surface area contributed by atoms with E-state index in [0.29, 0.717) is 17.9 Å². The molecule has 0 aliphatic rings. The molecule has 0 heterocycles. The maximum absolute atomic E-state index is 10.1. The van der Waals surface area contributed by atoms with E-state index in [0.717, 1.165) is 27.8 Å². The van der Waals surface area contributed by atoms with E-state index in [9.17, 15) is 10.2 Å². The third-order valence-electron chi connectivity index (χ3n) is 3.23. The molecule has 2 aromatic carbocycles.